The molecule has 0 fully saturated rings. The average molecular weight is 243 g/mol. The third kappa shape index (κ3) is 3.78. The van der Waals surface area contributed by atoms with Crippen molar-refractivity contribution in [2.75, 3.05) is 13.7 Å². The maximum atomic E-state index is 13.1. The Kier molecular flexibility index (Phi) is 5.03. The highest BCUT2D eigenvalue weighted by molar-refractivity contribution is 5.77. The topological polar surface area (TPSA) is 38.3 Å². The summed E-state index contributed by atoms with van der Waals surface area (Å²) in [7, 11) is 1.23. The van der Waals surface area contributed by atoms with Crippen molar-refractivity contribution in [3.8, 4) is 0 Å². The number of benzene rings is 1. The van der Waals surface area contributed by atoms with Gasteiger partial charge in [0, 0.05) is 6.07 Å². The highest BCUT2D eigenvalue weighted by atomic mass is 19.1. The predicted octanol–water partition coefficient (Wildman–Crippen LogP) is 2.18. The molecule has 1 rings (SSSR count). The summed E-state index contributed by atoms with van der Waals surface area (Å²) in [6.07, 6.45) is 0.797. The van der Waals surface area contributed by atoms with Crippen molar-refractivity contribution in [1.29, 1.82) is 0 Å². The number of nitrogens with one attached hydrogen (secondary N) is 1. The van der Waals surface area contributed by atoms with Crippen LogP contribution in [0.4, 0.5) is 8.78 Å². The summed E-state index contributed by atoms with van der Waals surface area (Å²) in [6.45, 7) is 2.48. The normalized spacial score (nSPS) is 12.2. The molecule has 0 bridgehead atoms. The molecule has 17 heavy (non-hydrogen) atoms. The van der Waals surface area contributed by atoms with Crippen LogP contribution in [0.3, 0.4) is 0 Å². The van der Waals surface area contributed by atoms with Crippen molar-refractivity contribution in [2.24, 2.45) is 0 Å². The van der Waals surface area contributed by atoms with Crippen LogP contribution in [0.5, 0.6) is 0 Å². The Hall–Kier alpha value is -1.49. The van der Waals surface area contributed by atoms with E-state index >= 15 is 0 Å². The highest BCUT2D eigenvalue weighted by Crippen LogP contribution is 2.17. The lowest BCUT2D eigenvalue weighted by Crippen LogP contribution is -2.30. The van der Waals surface area contributed by atoms with Crippen LogP contribution in [-0.4, -0.2) is 19.6 Å². The first kappa shape index (κ1) is 13.6. The molecule has 1 aromatic rings. The second kappa shape index (κ2) is 6.30. The lowest BCUT2D eigenvalue weighted by molar-refractivity contribution is -0.143. The van der Waals surface area contributed by atoms with Gasteiger partial charge in [0.25, 0.3) is 0 Å². The van der Waals surface area contributed by atoms with Crippen molar-refractivity contribution >= 4 is 5.97 Å². The van der Waals surface area contributed by atoms with Gasteiger partial charge in [0.1, 0.15) is 17.7 Å². The molecule has 0 aromatic heterocycles. The zero-order valence-corrected chi connectivity index (χ0v) is 9.80. The number of ether oxygens (including phenoxy) is 1. The van der Waals surface area contributed by atoms with Crippen LogP contribution < -0.4 is 5.32 Å². The van der Waals surface area contributed by atoms with E-state index in [1.807, 2.05) is 6.92 Å². The highest BCUT2D eigenvalue weighted by Gasteiger charge is 2.21. The second-order valence-electron chi connectivity index (χ2n) is 3.61. The number of esters is 1. The minimum absolute atomic E-state index is 0.225. The molecule has 0 aliphatic carbocycles. The standard InChI is InChI=1S/C12H15F2NO2/c1-3-4-15-11(12(16)17-2)8-5-9(13)7-10(14)6-8/h5-7,11,15H,3-4H2,1-2H3. The first-order valence-corrected chi connectivity index (χ1v) is 5.35. The third-order valence-electron chi connectivity index (χ3n) is 2.25. The molecule has 0 amide bonds. The first-order chi connectivity index (χ1) is 8.08. The van der Waals surface area contributed by atoms with Gasteiger partial charge >= 0.3 is 5.97 Å². The molecule has 0 saturated carbocycles. The number of rotatable bonds is 5. The van der Waals surface area contributed by atoms with E-state index < -0.39 is 23.6 Å². The largest absolute Gasteiger partial charge is 0.468 e. The van der Waals surface area contributed by atoms with E-state index in [-0.39, 0.29) is 5.56 Å². The van der Waals surface area contributed by atoms with Crippen LogP contribution >= 0.6 is 0 Å². The van der Waals surface area contributed by atoms with Crippen LogP contribution in [0.25, 0.3) is 0 Å². The van der Waals surface area contributed by atoms with Gasteiger partial charge in [-0.25, -0.2) is 13.6 Å². The van der Waals surface area contributed by atoms with Gasteiger partial charge in [-0.05, 0) is 30.7 Å². The Morgan fingerprint density at radius 1 is 1.35 bits per heavy atom. The molecule has 0 radical (unpaired) electrons. The van der Waals surface area contributed by atoms with Gasteiger partial charge in [-0.1, -0.05) is 6.92 Å². The van der Waals surface area contributed by atoms with Crippen LogP contribution in [0, 0.1) is 11.6 Å². The monoisotopic (exact) mass is 243 g/mol. The van der Waals surface area contributed by atoms with E-state index in [9.17, 15) is 13.6 Å². The van der Waals surface area contributed by atoms with E-state index in [2.05, 4.69) is 10.1 Å². The summed E-state index contributed by atoms with van der Waals surface area (Å²) in [4.78, 5) is 11.5. The van der Waals surface area contributed by atoms with Gasteiger partial charge in [-0.3, -0.25) is 0 Å². The number of hydrogen-bond donors (Lipinski definition) is 1. The lowest BCUT2D eigenvalue weighted by atomic mass is 10.1. The molecule has 1 atom stereocenters. The number of hydrogen-bond acceptors (Lipinski definition) is 3. The maximum absolute atomic E-state index is 13.1. The first-order valence-electron chi connectivity index (χ1n) is 5.35. The van der Waals surface area contributed by atoms with Crippen molar-refractivity contribution in [3.05, 3.63) is 35.4 Å². The molecule has 1 N–H and O–H groups in total. The second-order valence-corrected chi connectivity index (χ2v) is 3.61. The fourth-order valence-electron chi connectivity index (χ4n) is 1.49. The van der Waals surface area contributed by atoms with Gasteiger partial charge in [-0.15, -0.1) is 0 Å². The van der Waals surface area contributed by atoms with E-state index in [0.717, 1.165) is 24.6 Å². The molecule has 0 heterocycles. The number of halogens is 2. The Labute approximate surface area is 98.8 Å². The molecule has 3 nitrogen and oxygen atoms in total. The zero-order chi connectivity index (χ0) is 12.8. The van der Waals surface area contributed by atoms with E-state index in [0.29, 0.717) is 6.54 Å². The van der Waals surface area contributed by atoms with Gasteiger partial charge in [-0.2, -0.15) is 0 Å². The molecule has 0 saturated heterocycles. The number of methoxy groups -OCH3 is 1. The van der Waals surface area contributed by atoms with Crippen molar-refractivity contribution in [3.63, 3.8) is 0 Å². The van der Waals surface area contributed by atoms with Crippen LogP contribution in [0.2, 0.25) is 0 Å². The SMILES string of the molecule is CCCNC(C(=O)OC)c1cc(F)cc(F)c1. The molecular weight excluding hydrogens is 228 g/mol. The van der Waals surface area contributed by atoms with Crippen LogP contribution in [0.15, 0.2) is 18.2 Å². The number of carbonyl (C=O) groups excluding carboxylic acids is 1. The Balaban J connectivity index is 2.98. The van der Waals surface area contributed by atoms with Crippen LogP contribution in [-0.2, 0) is 9.53 Å². The Morgan fingerprint density at radius 3 is 2.41 bits per heavy atom. The number of carbonyl (C=O) groups is 1. The third-order valence-corrected chi connectivity index (χ3v) is 2.25. The molecule has 0 spiro atoms. The molecule has 94 valence electrons. The van der Waals surface area contributed by atoms with Crippen molar-refractivity contribution in [2.45, 2.75) is 19.4 Å². The molecular formula is C12H15F2NO2. The molecule has 1 unspecified atom stereocenters. The lowest BCUT2D eigenvalue weighted by Gasteiger charge is -2.16. The van der Waals surface area contributed by atoms with Gasteiger partial charge in [0.05, 0.1) is 7.11 Å². The summed E-state index contributed by atoms with van der Waals surface area (Å²) >= 11 is 0. The smallest absolute Gasteiger partial charge is 0.327 e. The van der Waals surface area contributed by atoms with Crippen LogP contribution in [0.1, 0.15) is 24.9 Å². The quantitative estimate of drug-likeness (QED) is 0.805. The molecule has 5 heteroatoms. The zero-order valence-electron chi connectivity index (χ0n) is 9.80. The van der Waals surface area contributed by atoms with Crippen molar-refractivity contribution < 1.29 is 18.3 Å². The Bertz CT molecular complexity index is 376. The minimum atomic E-state index is -0.842. The van der Waals surface area contributed by atoms with Gasteiger partial charge in [0.15, 0.2) is 0 Å². The minimum Gasteiger partial charge on any atom is -0.468 e. The summed E-state index contributed by atoms with van der Waals surface area (Å²) in [6, 6.07) is 2.16. The fraction of sp³-hybridized carbons (Fsp3) is 0.417. The van der Waals surface area contributed by atoms with Gasteiger partial charge in [0.2, 0.25) is 0 Å². The van der Waals surface area contributed by atoms with E-state index in [1.165, 1.54) is 7.11 Å². The van der Waals surface area contributed by atoms with E-state index in [4.69, 9.17) is 0 Å². The Morgan fingerprint density at radius 2 is 1.94 bits per heavy atom. The molecule has 0 aliphatic heterocycles. The average Bonchev–Trinajstić information content (AvgIpc) is 2.28. The summed E-state index contributed by atoms with van der Waals surface area (Å²) in [5.74, 6) is -2.00. The summed E-state index contributed by atoms with van der Waals surface area (Å²) in [5, 5.41) is 2.88. The predicted molar refractivity (Wildman–Crippen MR) is 59.4 cm³/mol. The summed E-state index contributed by atoms with van der Waals surface area (Å²) < 4.78 is 30.7. The maximum Gasteiger partial charge on any atom is 0.327 e. The fourth-order valence-corrected chi connectivity index (χ4v) is 1.49. The van der Waals surface area contributed by atoms with Gasteiger partial charge < -0.3 is 10.1 Å². The molecule has 1 aromatic carbocycles. The summed E-state index contributed by atoms with van der Waals surface area (Å²) in [5.41, 5.74) is 0.225. The molecule has 0 aliphatic rings. The van der Waals surface area contributed by atoms with Crippen molar-refractivity contribution in [1.82, 2.24) is 5.32 Å². The van der Waals surface area contributed by atoms with E-state index in [1.54, 1.807) is 0 Å².